The molecule has 0 aromatic rings. The van der Waals surface area contributed by atoms with Gasteiger partial charge in [0.2, 0.25) is 0 Å². The quantitative estimate of drug-likeness (QED) is 0.562. The van der Waals surface area contributed by atoms with E-state index in [1.54, 1.807) is 0 Å². The minimum absolute atomic E-state index is 1.06. The smallest absolute Gasteiger partial charge is 0.0163 e. The van der Waals surface area contributed by atoms with E-state index in [0.29, 0.717) is 0 Å². The molecule has 0 fully saturated rings. The number of rotatable bonds is 1. The fourth-order valence-electron chi connectivity index (χ4n) is 1.64. The fraction of sp³-hybridized carbons (Fsp3) is 0.231. The van der Waals surface area contributed by atoms with Crippen LogP contribution in [0, 0.1) is 0 Å². The Bertz CT molecular complexity index is 322. The van der Waals surface area contributed by atoms with Crippen LogP contribution in [0.1, 0.15) is 19.3 Å². The van der Waals surface area contributed by atoms with Crippen molar-refractivity contribution in [1.82, 2.24) is 0 Å². The van der Waals surface area contributed by atoms with Crippen molar-refractivity contribution in [1.29, 1.82) is 0 Å². The third-order valence-electron chi connectivity index (χ3n) is 2.37. The van der Waals surface area contributed by atoms with Gasteiger partial charge in [0.15, 0.2) is 0 Å². The Balaban J connectivity index is 2.23. The van der Waals surface area contributed by atoms with E-state index >= 15 is 0 Å². The molecule has 0 unspecified atom stereocenters. The summed E-state index contributed by atoms with van der Waals surface area (Å²) in [4.78, 5) is 0. The van der Waals surface area contributed by atoms with Gasteiger partial charge in [0.05, 0.1) is 0 Å². The van der Waals surface area contributed by atoms with Crippen LogP contribution in [0.25, 0.3) is 0 Å². The van der Waals surface area contributed by atoms with Gasteiger partial charge in [-0.05, 0) is 30.4 Å². The van der Waals surface area contributed by atoms with Gasteiger partial charge in [-0.2, -0.15) is 0 Å². The van der Waals surface area contributed by atoms with Gasteiger partial charge in [0, 0.05) is 0 Å². The molecule has 2 aliphatic rings. The molecule has 0 aliphatic heterocycles. The standard InChI is InChI=1S/C13H14/c1-2-5-9-12(8-4-1)13-10-6-3-7-11-13/h1,3-6,8-10H,2,7,11H2. The second kappa shape index (κ2) is 4.08. The molecule has 0 N–H and O–H groups in total. The molecule has 2 rings (SSSR count). The molecule has 66 valence electrons. The summed E-state index contributed by atoms with van der Waals surface area (Å²) in [7, 11) is 0. The first-order chi connectivity index (χ1) is 6.47. The van der Waals surface area contributed by atoms with Gasteiger partial charge in [0.1, 0.15) is 0 Å². The Morgan fingerprint density at radius 1 is 0.923 bits per heavy atom. The van der Waals surface area contributed by atoms with E-state index in [-0.39, 0.29) is 0 Å². The summed E-state index contributed by atoms with van der Waals surface area (Å²) in [5.74, 6) is 0. The van der Waals surface area contributed by atoms with Crippen molar-refractivity contribution in [2.45, 2.75) is 19.3 Å². The molecule has 0 saturated carbocycles. The van der Waals surface area contributed by atoms with E-state index < -0.39 is 0 Å². The SMILES string of the molecule is C1=CCC=CC(C2=CC=CCC2)=C1. The molecule has 0 amide bonds. The average molecular weight is 170 g/mol. The molecule has 0 radical (unpaired) electrons. The van der Waals surface area contributed by atoms with E-state index in [1.807, 2.05) is 0 Å². The minimum atomic E-state index is 1.06. The van der Waals surface area contributed by atoms with Crippen LogP contribution in [0.5, 0.6) is 0 Å². The summed E-state index contributed by atoms with van der Waals surface area (Å²) >= 11 is 0. The lowest BCUT2D eigenvalue weighted by Gasteiger charge is -2.08. The predicted octanol–water partition coefficient (Wildman–Crippen LogP) is 3.71. The number of hydrogen-bond acceptors (Lipinski definition) is 0. The first-order valence-electron chi connectivity index (χ1n) is 4.86. The van der Waals surface area contributed by atoms with Gasteiger partial charge in [-0.15, -0.1) is 0 Å². The van der Waals surface area contributed by atoms with Gasteiger partial charge < -0.3 is 0 Å². The first kappa shape index (κ1) is 8.31. The molecule has 0 aromatic heterocycles. The van der Waals surface area contributed by atoms with Crippen molar-refractivity contribution in [2.24, 2.45) is 0 Å². The van der Waals surface area contributed by atoms with Crippen LogP contribution in [0.15, 0.2) is 59.8 Å². The van der Waals surface area contributed by atoms with Crippen molar-refractivity contribution in [3.63, 3.8) is 0 Å². The lowest BCUT2D eigenvalue weighted by Crippen LogP contribution is -1.89. The zero-order chi connectivity index (χ0) is 8.93. The Kier molecular flexibility index (Phi) is 2.61. The monoisotopic (exact) mass is 170 g/mol. The van der Waals surface area contributed by atoms with E-state index in [4.69, 9.17) is 0 Å². The van der Waals surface area contributed by atoms with Gasteiger partial charge in [-0.25, -0.2) is 0 Å². The molecule has 0 nitrogen and oxygen atoms in total. The number of allylic oxidation sites excluding steroid dienone is 10. The fourth-order valence-corrected chi connectivity index (χ4v) is 1.64. The van der Waals surface area contributed by atoms with Crippen LogP contribution in [0.4, 0.5) is 0 Å². The molecule has 2 aliphatic carbocycles. The Morgan fingerprint density at radius 3 is 2.69 bits per heavy atom. The molecular weight excluding hydrogens is 156 g/mol. The van der Waals surface area contributed by atoms with Gasteiger partial charge >= 0.3 is 0 Å². The molecule has 13 heavy (non-hydrogen) atoms. The van der Waals surface area contributed by atoms with Crippen molar-refractivity contribution in [3.05, 3.63) is 59.8 Å². The highest BCUT2D eigenvalue weighted by atomic mass is 14.1. The molecule has 0 spiro atoms. The lowest BCUT2D eigenvalue weighted by molar-refractivity contribution is 0.978. The number of hydrogen-bond donors (Lipinski definition) is 0. The van der Waals surface area contributed by atoms with Crippen LogP contribution < -0.4 is 0 Å². The van der Waals surface area contributed by atoms with E-state index in [9.17, 15) is 0 Å². The van der Waals surface area contributed by atoms with Crippen molar-refractivity contribution in [3.8, 4) is 0 Å². The largest absolute Gasteiger partial charge is 0.0842 e. The maximum absolute atomic E-state index is 2.23. The molecule has 0 atom stereocenters. The Morgan fingerprint density at radius 2 is 1.85 bits per heavy atom. The predicted molar refractivity (Wildman–Crippen MR) is 57.4 cm³/mol. The van der Waals surface area contributed by atoms with Crippen molar-refractivity contribution < 1.29 is 0 Å². The minimum Gasteiger partial charge on any atom is -0.0842 e. The van der Waals surface area contributed by atoms with Crippen LogP contribution in [-0.2, 0) is 0 Å². The van der Waals surface area contributed by atoms with Crippen LogP contribution >= 0.6 is 0 Å². The zero-order valence-electron chi connectivity index (χ0n) is 7.74. The summed E-state index contributed by atoms with van der Waals surface area (Å²) in [6, 6.07) is 0. The van der Waals surface area contributed by atoms with Crippen LogP contribution in [0.3, 0.4) is 0 Å². The molecule has 0 aromatic carbocycles. The molecule has 0 heteroatoms. The molecule has 0 saturated heterocycles. The van der Waals surface area contributed by atoms with Crippen molar-refractivity contribution >= 4 is 0 Å². The molecule has 0 bridgehead atoms. The van der Waals surface area contributed by atoms with Crippen molar-refractivity contribution in [2.75, 3.05) is 0 Å². The first-order valence-corrected chi connectivity index (χ1v) is 4.86. The highest BCUT2D eigenvalue weighted by Gasteiger charge is 2.03. The maximum atomic E-state index is 2.23. The summed E-state index contributed by atoms with van der Waals surface area (Å²) in [5.41, 5.74) is 2.84. The highest BCUT2D eigenvalue weighted by molar-refractivity contribution is 5.45. The summed E-state index contributed by atoms with van der Waals surface area (Å²) in [6.07, 6.45) is 21.0. The summed E-state index contributed by atoms with van der Waals surface area (Å²) < 4.78 is 0. The van der Waals surface area contributed by atoms with Crippen LogP contribution in [-0.4, -0.2) is 0 Å². The Hall–Kier alpha value is -1.30. The van der Waals surface area contributed by atoms with Gasteiger partial charge in [-0.3, -0.25) is 0 Å². The lowest BCUT2D eigenvalue weighted by atomic mass is 9.97. The second-order valence-electron chi connectivity index (χ2n) is 3.35. The topological polar surface area (TPSA) is 0 Å². The molecule has 0 heterocycles. The molecular formula is C13H14. The van der Waals surface area contributed by atoms with Gasteiger partial charge in [0.25, 0.3) is 0 Å². The van der Waals surface area contributed by atoms with Gasteiger partial charge in [-0.1, -0.05) is 48.6 Å². The second-order valence-corrected chi connectivity index (χ2v) is 3.35. The van der Waals surface area contributed by atoms with E-state index in [1.165, 1.54) is 24.0 Å². The van der Waals surface area contributed by atoms with Crippen LogP contribution in [0.2, 0.25) is 0 Å². The average Bonchev–Trinajstić information content (AvgIpc) is 2.47. The third-order valence-corrected chi connectivity index (χ3v) is 2.37. The summed E-state index contributed by atoms with van der Waals surface area (Å²) in [5, 5.41) is 0. The normalized spacial score (nSPS) is 20.9. The third kappa shape index (κ3) is 2.09. The Labute approximate surface area is 79.7 Å². The van der Waals surface area contributed by atoms with E-state index in [0.717, 1.165) is 6.42 Å². The maximum Gasteiger partial charge on any atom is -0.0163 e. The zero-order valence-corrected chi connectivity index (χ0v) is 7.74. The highest BCUT2D eigenvalue weighted by Crippen LogP contribution is 2.22. The van der Waals surface area contributed by atoms with E-state index in [2.05, 4.69) is 48.6 Å². The summed E-state index contributed by atoms with van der Waals surface area (Å²) in [6.45, 7) is 0.